The average molecular weight is 233 g/mol. The third-order valence-corrected chi connectivity index (χ3v) is 4.14. The minimum absolute atomic E-state index is 0.0851. The van der Waals surface area contributed by atoms with Crippen LogP contribution in [0, 0.1) is 5.92 Å². The molecule has 90 valence electrons. The van der Waals surface area contributed by atoms with Crippen molar-refractivity contribution < 1.29 is 8.42 Å². The van der Waals surface area contributed by atoms with E-state index in [0.717, 1.165) is 12.5 Å². The Morgan fingerprint density at radius 1 is 1.27 bits per heavy atom. The van der Waals surface area contributed by atoms with E-state index in [1.54, 1.807) is 0 Å². The van der Waals surface area contributed by atoms with Gasteiger partial charge in [0.2, 0.25) is 0 Å². The minimum Gasteiger partial charge on any atom is -0.313 e. The second kappa shape index (κ2) is 5.85. The van der Waals surface area contributed by atoms with E-state index in [1.165, 1.54) is 38.4 Å². The summed E-state index contributed by atoms with van der Waals surface area (Å²) in [6, 6.07) is 0.0851. The van der Waals surface area contributed by atoms with Gasteiger partial charge in [-0.15, -0.1) is 0 Å². The van der Waals surface area contributed by atoms with E-state index in [2.05, 4.69) is 5.32 Å². The van der Waals surface area contributed by atoms with Crippen molar-refractivity contribution in [3.63, 3.8) is 0 Å². The summed E-state index contributed by atoms with van der Waals surface area (Å²) in [6.45, 7) is 2.93. The first-order valence-corrected chi connectivity index (χ1v) is 7.94. The van der Waals surface area contributed by atoms with Gasteiger partial charge < -0.3 is 5.32 Å². The molecular weight excluding hydrogens is 210 g/mol. The molecule has 1 N–H and O–H groups in total. The predicted molar refractivity (Wildman–Crippen MR) is 63.8 cm³/mol. The first-order valence-electron chi connectivity index (χ1n) is 5.88. The van der Waals surface area contributed by atoms with Crippen LogP contribution in [-0.2, 0) is 9.84 Å². The molecule has 0 bridgehead atoms. The topological polar surface area (TPSA) is 46.2 Å². The van der Waals surface area contributed by atoms with E-state index in [4.69, 9.17) is 0 Å². The van der Waals surface area contributed by atoms with Crippen LogP contribution in [0.25, 0.3) is 0 Å². The number of nitrogens with one attached hydrogen (secondary N) is 1. The van der Waals surface area contributed by atoms with Crippen molar-refractivity contribution in [2.45, 2.75) is 45.1 Å². The summed E-state index contributed by atoms with van der Waals surface area (Å²) in [5.41, 5.74) is 0. The van der Waals surface area contributed by atoms with Gasteiger partial charge in [0, 0.05) is 12.3 Å². The third-order valence-electron chi connectivity index (χ3n) is 3.03. The Balaban J connectivity index is 2.18. The Hall–Kier alpha value is -0.0900. The molecule has 0 saturated heterocycles. The molecule has 0 heterocycles. The van der Waals surface area contributed by atoms with Gasteiger partial charge in [-0.05, 0) is 32.2 Å². The lowest BCUT2D eigenvalue weighted by atomic mass is 9.89. The number of hydrogen-bond donors (Lipinski definition) is 1. The van der Waals surface area contributed by atoms with Gasteiger partial charge >= 0.3 is 0 Å². The SMILES string of the molecule is CC(CS(C)(=O)=O)NCC1CCCCC1. The maximum Gasteiger partial charge on any atom is 0.148 e. The standard InChI is InChI=1S/C11H23NO2S/c1-10(9-15(2,13)14)12-8-11-6-4-3-5-7-11/h10-12H,3-9H2,1-2H3. The Labute approximate surface area is 93.6 Å². The molecule has 1 fully saturated rings. The molecule has 15 heavy (non-hydrogen) atoms. The first kappa shape index (κ1) is 13.0. The number of hydrogen-bond acceptors (Lipinski definition) is 3. The molecule has 0 aromatic rings. The molecule has 0 aliphatic heterocycles. The zero-order chi connectivity index (χ0) is 11.3. The van der Waals surface area contributed by atoms with E-state index in [1.807, 2.05) is 6.92 Å². The molecule has 0 aromatic heterocycles. The molecule has 0 spiro atoms. The molecule has 1 saturated carbocycles. The molecule has 1 aliphatic carbocycles. The molecule has 0 aromatic carbocycles. The van der Waals surface area contributed by atoms with Gasteiger partial charge in [0.15, 0.2) is 0 Å². The van der Waals surface area contributed by atoms with Gasteiger partial charge in [0.25, 0.3) is 0 Å². The van der Waals surface area contributed by atoms with Crippen LogP contribution in [0.4, 0.5) is 0 Å². The maximum absolute atomic E-state index is 11.1. The van der Waals surface area contributed by atoms with Crippen LogP contribution in [-0.4, -0.2) is 33.0 Å². The summed E-state index contributed by atoms with van der Waals surface area (Å²) in [5, 5.41) is 3.33. The Bertz CT molecular complexity index is 268. The van der Waals surface area contributed by atoms with Crippen LogP contribution in [0.5, 0.6) is 0 Å². The zero-order valence-electron chi connectivity index (χ0n) is 9.83. The van der Waals surface area contributed by atoms with Crippen molar-refractivity contribution in [3.8, 4) is 0 Å². The highest BCUT2D eigenvalue weighted by Crippen LogP contribution is 2.22. The maximum atomic E-state index is 11.1. The van der Waals surface area contributed by atoms with Crippen LogP contribution in [0.1, 0.15) is 39.0 Å². The molecule has 1 atom stereocenters. The number of sulfone groups is 1. The van der Waals surface area contributed by atoms with Gasteiger partial charge in [-0.2, -0.15) is 0 Å². The summed E-state index contributed by atoms with van der Waals surface area (Å²) in [6.07, 6.45) is 7.96. The fraction of sp³-hybridized carbons (Fsp3) is 1.00. The Morgan fingerprint density at radius 2 is 1.87 bits per heavy atom. The average Bonchev–Trinajstić information content (AvgIpc) is 2.14. The lowest BCUT2D eigenvalue weighted by molar-refractivity contribution is 0.334. The molecular formula is C11H23NO2S. The van der Waals surface area contributed by atoms with E-state index >= 15 is 0 Å². The summed E-state index contributed by atoms with van der Waals surface area (Å²) < 4.78 is 22.1. The van der Waals surface area contributed by atoms with Crippen LogP contribution in [0.2, 0.25) is 0 Å². The molecule has 3 nitrogen and oxygen atoms in total. The lowest BCUT2D eigenvalue weighted by Gasteiger charge is -2.23. The monoisotopic (exact) mass is 233 g/mol. The fourth-order valence-electron chi connectivity index (χ4n) is 2.27. The zero-order valence-corrected chi connectivity index (χ0v) is 10.6. The predicted octanol–water partition coefficient (Wildman–Crippen LogP) is 1.59. The smallest absolute Gasteiger partial charge is 0.148 e. The third kappa shape index (κ3) is 6.15. The van der Waals surface area contributed by atoms with Crippen molar-refractivity contribution in [1.29, 1.82) is 0 Å². The van der Waals surface area contributed by atoms with Crippen LogP contribution in [0.3, 0.4) is 0 Å². The normalized spacial score (nSPS) is 21.5. The van der Waals surface area contributed by atoms with Gasteiger partial charge in [-0.1, -0.05) is 19.3 Å². The van der Waals surface area contributed by atoms with Crippen molar-refractivity contribution in [2.75, 3.05) is 18.6 Å². The van der Waals surface area contributed by atoms with Crippen molar-refractivity contribution in [2.24, 2.45) is 5.92 Å². The summed E-state index contributed by atoms with van der Waals surface area (Å²) in [7, 11) is -2.84. The molecule has 0 radical (unpaired) electrons. The first-order chi connectivity index (χ1) is 6.97. The summed E-state index contributed by atoms with van der Waals surface area (Å²) in [5.74, 6) is 1.01. The van der Waals surface area contributed by atoms with Gasteiger partial charge in [0.1, 0.15) is 9.84 Å². The minimum atomic E-state index is -2.84. The van der Waals surface area contributed by atoms with Gasteiger partial charge in [-0.3, -0.25) is 0 Å². The van der Waals surface area contributed by atoms with Crippen molar-refractivity contribution in [1.82, 2.24) is 5.32 Å². The Kier molecular flexibility index (Phi) is 5.06. The second-order valence-electron chi connectivity index (χ2n) is 4.91. The largest absolute Gasteiger partial charge is 0.313 e. The van der Waals surface area contributed by atoms with E-state index in [-0.39, 0.29) is 11.8 Å². The highest BCUT2D eigenvalue weighted by atomic mass is 32.2. The van der Waals surface area contributed by atoms with Crippen molar-refractivity contribution in [3.05, 3.63) is 0 Å². The highest BCUT2D eigenvalue weighted by molar-refractivity contribution is 7.90. The molecule has 1 rings (SSSR count). The van der Waals surface area contributed by atoms with E-state index < -0.39 is 9.84 Å². The highest BCUT2D eigenvalue weighted by Gasteiger charge is 2.15. The number of rotatable bonds is 5. The fourth-order valence-corrected chi connectivity index (χ4v) is 3.30. The van der Waals surface area contributed by atoms with E-state index in [0.29, 0.717) is 0 Å². The molecule has 4 heteroatoms. The lowest BCUT2D eigenvalue weighted by Crippen LogP contribution is -2.36. The summed E-state index contributed by atoms with van der Waals surface area (Å²) in [4.78, 5) is 0. The molecule has 1 aliphatic rings. The van der Waals surface area contributed by atoms with E-state index in [9.17, 15) is 8.42 Å². The molecule has 1 unspecified atom stereocenters. The van der Waals surface area contributed by atoms with Crippen LogP contribution < -0.4 is 5.32 Å². The van der Waals surface area contributed by atoms with Gasteiger partial charge in [0.05, 0.1) is 5.75 Å². The summed E-state index contributed by atoms with van der Waals surface area (Å²) >= 11 is 0. The van der Waals surface area contributed by atoms with Crippen molar-refractivity contribution >= 4 is 9.84 Å². The second-order valence-corrected chi connectivity index (χ2v) is 7.09. The quantitative estimate of drug-likeness (QED) is 0.784. The van der Waals surface area contributed by atoms with Crippen LogP contribution in [0.15, 0.2) is 0 Å². The molecule has 0 amide bonds. The Morgan fingerprint density at radius 3 is 2.40 bits per heavy atom. The van der Waals surface area contributed by atoms with Gasteiger partial charge in [-0.25, -0.2) is 8.42 Å². The van der Waals surface area contributed by atoms with Crippen LogP contribution >= 0.6 is 0 Å².